The summed E-state index contributed by atoms with van der Waals surface area (Å²) >= 11 is 0. The molecule has 0 spiro atoms. The van der Waals surface area contributed by atoms with Gasteiger partial charge < -0.3 is 20.3 Å². The molecule has 1 aliphatic heterocycles. The maximum atomic E-state index is 13.0. The van der Waals surface area contributed by atoms with Crippen molar-refractivity contribution in [2.75, 3.05) is 7.11 Å². The Morgan fingerprint density at radius 3 is 2.34 bits per heavy atom. The largest absolute Gasteiger partial charge is 0.525 e. The van der Waals surface area contributed by atoms with Crippen molar-refractivity contribution < 1.29 is 29.3 Å². The zero-order valence-corrected chi connectivity index (χ0v) is 21.3. The van der Waals surface area contributed by atoms with Crippen molar-refractivity contribution in [2.45, 2.75) is 90.1 Å². The second-order valence-corrected chi connectivity index (χ2v) is 10.8. The summed E-state index contributed by atoms with van der Waals surface area (Å²) in [5.41, 5.74) is -1.21. The second kappa shape index (κ2) is 9.67. The van der Waals surface area contributed by atoms with Gasteiger partial charge >= 0.3 is 12.1 Å². The van der Waals surface area contributed by atoms with Crippen LogP contribution in [0.4, 0.5) is 10.6 Å². The van der Waals surface area contributed by atoms with E-state index in [0.29, 0.717) is 11.1 Å². The Morgan fingerprint density at radius 1 is 1.20 bits per heavy atom. The molecule has 0 bridgehead atoms. The molecule has 1 fully saturated rings. The summed E-state index contributed by atoms with van der Waals surface area (Å²) < 4.78 is 4.28. The normalized spacial score (nSPS) is 21.3. The average Bonchev–Trinajstić information content (AvgIpc) is 3.38. The Hall–Kier alpha value is -2.82. The van der Waals surface area contributed by atoms with E-state index in [4.69, 9.17) is 4.74 Å². The highest BCUT2D eigenvalue weighted by molar-refractivity contribution is 6.21. The molecule has 3 rings (SSSR count). The molecule has 1 aromatic rings. The third-order valence-electron chi connectivity index (χ3n) is 6.88. The highest BCUT2D eigenvalue weighted by Gasteiger charge is 2.57. The van der Waals surface area contributed by atoms with Crippen LogP contribution in [0.2, 0.25) is 0 Å². The molecule has 2 atom stereocenters. The fraction of sp³-hybridized carbons (Fsp3) is 0.600. The summed E-state index contributed by atoms with van der Waals surface area (Å²) in [5.74, 6) is -0.784. The van der Waals surface area contributed by atoms with E-state index in [1.165, 1.54) is 19.5 Å². The predicted molar refractivity (Wildman–Crippen MR) is 131 cm³/mol. The van der Waals surface area contributed by atoms with Gasteiger partial charge in [-0.05, 0) is 59.1 Å². The number of methoxy groups -OCH3 is 1. The van der Waals surface area contributed by atoms with Gasteiger partial charge in [0, 0.05) is 18.8 Å². The van der Waals surface area contributed by atoms with Gasteiger partial charge in [-0.25, -0.2) is 9.78 Å². The summed E-state index contributed by atoms with van der Waals surface area (Å²) in [5, 5.41) is 27.2. The molecular weight excluding hydrogens is 452 g/mol. The van der Waals surface area contributed by atoms with E-state index >= 15 is 0 Å². The Labute approximate surface area is 206 Å². The highest BCUT2D eigenvalue weighted by Crippen LogP contribution is 2.46. The van der Waals surface area contributed by atoms with Crippen LogP contribution in [0.15, 0.2) is 18.5 Å². The van der Waals surface area contributed by atoms with Crippen LogP contribution in [-0.2, 0) is 20.9 Å². The molecule has 2 aliphatic rings. The number of esters is 1. The number of nitrogens with zero attached hydrogens (tertiary/aromatic N) is 2. The number of carbonyl (C=O) groups excluding carboxylic acids is 2. The van der Waals surface area contributed by atoms with Crippen LogP contribution >= 0.6 is 0 Å². The average molecular weight is 490 g/mol. The van der Waals surface area contributed by atoms with Gasteiger partial charge in [-0.15, -0.1) is 4.48 Å². The van der Waals surface area contributed by atoms with Crippen molar-refractivity contribution >= 4 is 29.4 Å². The van der Waals surface area contributed by atoms with Crippen molar-refractivity contribution in [1.29, 1.82) is 0 Å². The third kappa shape index (κ3) is 4.96. The number of amides is 2. The first kappa shape index (κ1) is 26.8. The van der Waals surface area contributed by atoms with Crippen LogP contribution in [0.1, 0.15) is 71.4 Å². The number of rotatable bonds is 7. The lowest BCUT2D eigenvalue weighted by Gasteiger charge is -2.37. The molecule has 4 N–H and O–H groups in total. The van der Waals surface area contributed by atoms with Crippen molar-refractivity contribution in [3.63, 3.8) is 0 Å². The van der Waals surface area contributed by atoms with E-state index < -0.39 is 33.7 Å². The zero-order valence-electron chi connectivity index (χ0n) is 21.3. The van der Waals surface area contributed by atoms with Crippen LogP contribution in [0.3, 0.4) is 0 Å². The molecule has 2 amide bonds. The third-order valence-corrected chi connectivity index (χ3v) is 6.88. The molecule has 35 heavy (non-hydrogen) atoms. The van der Waals surface area contributed by atoms with Gasteiger partial charge in [0.15, 0.2) is 0 Å². The van der Waals surface area contributed by atoms with Gasteiger partial charge in [0.2, 0.25) is 5.91 Å². The van der Waals surface area contributed by atoms with Crippen molar-refractivity contribution in [3.05, 3.63) is 29.6 Å². The molecule has 1 unspecified atom stereocenters. The summed E-state index contributed by atoms with van der Waals surface area (Å²) in [6.45, 7) is 8.47. The quantitative estimate of drug-likeness (QED) is 0.339. The molecule has 0 aromatic carbocycles. The van der Waals surface area contributed by atoms with Gasteiger partial charge in [-0.1, -0.05) is 12.8 Å². The fourth-order valence-electron chi connectivity index (χ4n) is 4.96. The van der Waals surface area contributed by atoms with Gasteiger partial charge in [-0.2, -0.15) is 4.79 Å². The van der Waals surface area contributed by atoms with Crippen LogP contribution in [0.25, 0.3) is 5.57 Å². The number of nitrogens with one attached hydrogen (secondary N) is 2. The Kier molecular flexibility index (Phi) is 7.40. The number of aromatic nitrogens is 1. The van der Waals surface area contributed by atoms with E-state index in [1.807, 2.05) is 0 Å². The number of hydrogen-bond acceptors (Lipinski definition) is 7. The number of aliphatic hydroxyl groups is 1. The summed E-state index contributed by atoms with van der Waals surface area (Å²) in [7, 11) is 1.24. The minimum Gasteiger partial charge on any atom is -0.465 e. The van der Waals surface area contributed by atoms with Crippen LogP contribution in [-0.4, -0.2) is 63.5 Å². The second-order valence-electron chi connectivity index (χ2n) is 10.8. The van der Waals surface area contributed by atoms with Crippen molar-refractivity contribution in [1.82, 2.24) is 20.1 Å². The maximum absolute atomic E-state index is 13.0. The molecular formula is C25H37N4O6+. The van der Waals surface area contributed by atoms with Crippen LogP contribution in [0, 0.1) is 0 Å². The summed E-state index contributed by atoms with van der Waals surface area (Å²) in [4.78, 5) is 42.7. The summed E-state index contributed by atoms with van der Waals surface area (Å²) in [6.07, 6.45) is 5.64. The molecule has 0 saturated heterocycles. The Balaban J connectivity index is 2.00. The van der Waals surface area contributed by atoms with Crippen LogP contribution in [0.5, 0.6) is 0 Å². The first-order valence-corrected chi connectivity index (χ1v) is 11.9. The number of carboxylic acid groups (broad SMARTS) is 1. The van der Waals surface area contributed by atoms with Gasteiger partial charge in [0.05, 0.1) is 18.3 Å². The molecule has 2 heterocycles. The molecule has 0 radical (unpaired) electrons. The molecule has 192 valence electrons. The van der Waals surface area contributed by atoms with Gasteiger partial charge in [0.1, 0.15) is 23.4 Å². The van der Waals surface area contributed by atoms with Gasteiger partial charge in [-0.3, -0.25) is 10.1 Å². The number of quaternary nitrogens is 1. The van der Waals surface area contributed by atoms with Crippen LogP contribution < -0.4 is 15.1 Å². The topological polar surface area (TPSA) is 138 Å². The number of pyridine rings is 1. The lowest BCUT2D eigenvalue weighted by Crippen LogP contribution is -2.60. The highest BCUT2D eigenvalue weighted by atomic mass is 16.5. The zero-order chi connectivity index (χ0) is 26.2. The maximum Gasteiger partial charge on any atom is 0.525 e. The van der Waals surface area contributed by atoms with Gasteiger partial charge in [0.25, 0.3) is 5.82 Å². The number of carbonyl (C=O) groups is 3. The fourth-order valence-corrected chi connectivity index (χ4v) is 4.96. The Bertz CT molecular complexity index is 1030. The van der Waals surface area contributed by atoms with E-state index in [-0.39, 0.29) is 29.9 Å². The first-order chi connectivity index (χ1) is 16.2. The lowest BCUT2D eigenvalue weighted by molar-refractivity contribution is -0.134. The number of hydrogen-bond donors (Lipinski definition) is 4. The molecule has 1 aromatic heterocycles. The molecule has 10 heteroatoms. The molecule has 10 nitrogen and oxygen atoms in total. The minimum atomic E-state index is -1.37. The Morgan fingerprint density at radius 2 is 1.83 bits per heavy atom. The number of ether oxygens (including phenoxy) is 1. The molecule has 1 aliphatic carbocycles. The van der Waals surface area contributed by atoms with E-state index in [1.54, 1.807) is 40.7 Å². The standard InChI is InChI=1S/C25H36N4O6/c1-24(2,3)29(23(32)33)14-17(22(31)35-6)18-15(11-12-26-20(18)29)13-27-19(25(4,5)34)21(30)28-16-9-7-8-10-16/h11-12,14,16,19,27,34H,7-10,13H2,1-6H3,(H-,28,30,32,33)/p+1/t19-,29?/m0/s1. The summed E-state index contributed by atoms with van der Waals surface area (Å²) in [6, 6.07) is 0.831. The van der Waals surface area contributed by atoms with E-state index in [0.717, 1.165) is 25.7 Å². The van der Waals surface area contributed by atoms with Crippen molar-refractivity contribution in [2.24, 2.45) is 0 Å². The first-order valence-electron chi connectivity index (χ1n) is 11.9. The number of fused-ring (bicyclic) bond motifs is 1. The van der Waals surface area contributed by atoms with E-state index in [9.17, 15) is 24.6 Å². The SMILES string of the molecule is COC(=O)C1=C[N+](C(=O)O)(C(C)(C)C)c2nccc(CN[C@@H](C(=O)NC3CCCC3)C(C)(C)O)c21. The predicted octanol–water partition coefficient (Wildman–Crippen LogP) is 2.68. The van der Waals surface area contributed by atoms with Crippen molar-refractivity contribution in [3.8, 4) is 0 Å². The molecule has 1 saturated carbocycles. The minimum absolute atomic E-state index is 0.0912. The monoisotopic (exact) mass is 489 g/mol. The van der Waals surface area contributed by atoms with E-state index in [2.05, 4.69) is 15.6 Å². The lowest BCUT2D eigenvalue weighted by atomic mass is 9.96. The smallest absolute Gasteiger partial charge is 0.465 e.